The summed E-state index contributed by atoms with van der Waals surface area (Å²) in [4.78, 5) is 11.7. The van der Waals surface area contributed by atoms with Crippen LogP contribution in [0.5, 0.6) is 0 Å². The molecule has 1 aliphatic rings. The van der Waals surface area contributed by atoms with Crippen molar-refractivity contribution in [2.75, 3.05) is 6.54 Å². The third-order valence-corrected chi connectivity index (χ3v) is 2.74. The van der Waals surface area contributed by atoms with E-state index in [9.17, 15) is 4.79 Å². The van der Waals surface area contributed by atoms with E-state index in [4.69, 9.17) is 0 Å². The zero-order chi connectivity index (χ0) is 10.8. The van der Waals surface area contributed by atoms with Gasteiger partial charge in [-0.05, 0) is 19.3 Å². The van der Waals surface area contributed by atoms with Crippen molar-refractivity contribution in [2.45, 2.75) is 19.3 Å². The first-order valence-electron chi connectivity index (χ1n) is 5.18. The van der Waals surface area contributed by atoms with Crippen molar-refractivity contribution in [3.05, 3.63) is 29.6 Å². The summed E-state index contributed by atoms with van der Waals surface area (Å²) in [5.41, 5.74) is 2.92. The second kappa shape index (κ2) is 3.88. The lowest BCUT2D eigenvalue weighted by atomic mass is 10.2. The van der Waals surface area contributed by atoms with Crippen LogP contribution in [-0.2, 0) is 19.9 Å². The molecule has 1 aromatic heterocycles. The number of amides is 1. The molecule has 1 heterocycles. The minimum absolute atomic E-state index is 0.0892. The molecule has 1 N–H and O–H groups in total. The van der Waals surface area contributed by atoms with Gasteiger partial charge in [0.25, 0.3) is 5.91 Å². The highest BCUT2D eigenvalue weighted by atomic mass is 16.1. The van der Waals surface area contributed by atoms with Crippen molar-refractivity contribution in [1.29, 1.82) is 0 Å². The molecule has 2 rings (SSSR count). The van der Waals surface area contributed by atoms with Crippen LogP contribution in [-0.4, -0.2) is 22.2 Å². The van der Waals surface area contributed by atoms with Crippen LogP contribution in [0.4, 0.5) is 0 Å². The molecule has 1 aliphatic carbocycles. The SMILES string of the molecule is C=CCNC(=O)c1nn(C)c2c1CCC2. The molecule has 1 amide bonds. The van der Waals surface area contributed by atoms with Gasteiger partial charge in [0, 0.05) is 24.8 Å². The third-order valence-electron chi connectivity index (χ3n) is 2.74. The van der Waals surface area contributed by atoms with Crippen LogP contribution in [0.2, 0.25) is 0 Å². The molecule has 0 unspecified atom stereocenters. The van der Waals surface area contributed by atoms with E-state index in [0.717, 1.165) is 24.8 Å². The normalized spacial score (nSPS) is 13.7. The lowest BCUT2D eigenvalue weighted by Gasteiger charge is -1.99. The molecule has 0 aliphatic heterocycles. The van der Waals surface area contributed by atoms with Gasteiger partial charge in [-0.25, -0.2) is 0 Å². The van der Waals surface area contributed by atoms with Gasteiger partial charge in [0.05, 0.1) is 0 Å². The highest BCUT2D eigenvalue weighted by Gasteiger charge is 2.24. The fourth-order valence-corrected chi connectivity index (χ4v) is 2.04. The average Bonchev–Trinajstić information content (AvgIpc) is 2.79. The van der Waals surface area contributed by atoms with Gasteiger partial charge >= 0.3 is 0 Å². The van der Waals surface area contributed by atoms with E-state index in [0.29, 0.717) is 12.2 Å². The summed E-state index contributed by atoms with van der Waals surface area (Å²) < 4.78 is 1.82. The van der Waals surface area contributed by atoms with Gasteiger partial charge in [0.15, 0.2) is 5.69 Å². The first-order valence-corrected chi connectivity index (χ1v) is 5.18. The van der Waals surface area contributed by atoms with Crippen LogP contribution in [0.15, 0.2) is 12.7 Å². The third kappa shape index (κ3) is 1.67. The Bertz CT molecular complexity index is 406. The molecule has 0 saturated heterocycles. The highest BCUT2D eigenvalue weighted by molar-refractivity contribution is 5.94. The molecule has 0 radical (unpaired) electrons. The van der Waals surface area contributed by atoms with Gasteiger partial charge in [0.1, 0.15) is 0 Å². The lowest BCUT2D eigenvalue weighted by Crippen LogP contribution is -2.24. The summed E-state index contributed by atoms with van der Waals surface area (Å²) in [6, 6.07) is 0. The quantitative estimate of drug-likeness (QED) is 0.743. The van der Waals surface area contributed by atoms with Gasteiger partial charge in [-0.2, -0.15) is 5.10 Å². The number of fused-ring (bicyclic) bond motifs is 1. The van der Waals surface area contributed by atoms with Crippen LogP contribution in [0.3, 0.4) is 0 Å². The predicted molar refractivity (Wildman–Crippen MR) is 57.8 cm³/mol. The molecule has 0 fully saturated rings. The van der Waals surface area contributed by atoms with Crippen LogP contribution < -0.4 is 5.32 Å². The Morgan fingerprint density at radius 1 is 1.67 bits per heavy atom. The molecule has 0 saturated carbocycles. The average molecular weight is 205 g/mol. The monoisotopic (exact) mass is 205 g/mol. The topological polar surface area (TPSA) is 46.9 Å². The molecule has 0 aromatic carbocycles. The second-order valence-electron chi connectivity index (χ2n) is 3.75. The summed E-state index contributed by atoms with van der Waals surface area (Å²) in [7, 11) is 1.90. The standard InChI is InChI=1S/C11H15N3O/c1-3-7-12-11(15)10-8-5-4-6-9(8)14(2)13-10/h3H,1,4-7H2,2H3,(H,12,15). The summed E-state index contributed by atoms with van der Waals surface area (Å²) in [6.07, 6.45) is 4.80. The Hall–Kier alpha value is -1.58. The molecule has 0 bridgehead atoms. The number of nitrogens with zero attached hydrogens (tertiary/aromatic N) is 2. The number of hydrogen-bond donors (Lipinski definition) is 1. The number of carbonyl (C=O) groups is 1. The van der Waals surface area contributed by atoms with Crippen LogP contribution in [0.25, 0.3) is 0 Å². The van der Waals surface area contributed by atoms with Crippen molar-refractivity contribution in [1.82, 2.24) is 15.1 Å². The number of aryl methyl sites for hydroxylation is 1. The van der Waals surface area contributed by atoms with Crippen LogP contribution >= 0.6 is 0 Å². The Labute approximate surface area is 89.0 Å². The van der Waals surface area contributed by atoms with E-state index < -0.39 is 0 Å². The predicted octanol–water partition coefficient (Wildman–Crippen LogP) is 0.825. The first-order chi connectivity index (χ1) is 7.24. The van der Waals surface area contributed by atoms with E-state index in [1.807, 2.05) is 11.7 Å². The molecular formula is C11H15N3O. The van der Waals surface area contributed by atoms with E-state index in [1.54, 1.807) is 6.08 Å². The molecule has 0 atom stereocenters. The molecular weight excluding hydrogens is 190 g/mol. The van der Waals surface area contributed by atoms with Crippen molar-refractivity contribution in [2.24, 2.45) is 7.05 Å². The molecule has 15 heavy (non-hydrogen) atoms. The summed E-state index contributed by atoms with van der Waals surface area (Å²) >= 11 is 0. The summed E-state index contributed by atoms with van der Waals surface area (Å²) in [5, 5.41) is 7.01. The number of nitrogens with one attached hydrogen (secondary N) is 1. The van der Waals surface area contributed by atoms with Gasteiger partial charge in [-0.3, -0.25) is 9.48 Å². The van der Waals surface area contributed by atoms with Gasteiger partial charge in [-0.1, -0.05) is 6.08 Å². The molecule has 4 nitrogen and oxygen atoms in total. The Morgan fingerprint density at radius 2 is 2.47 bits per heavy atom. The fraction of sp³-hybridized carbons (Fsp3) is 0.455. The first kappa shape index (κ1) is 9.96. The summed E-state index contributed by atoms with van der Waals surface area (Å²) in [6.45, 7) is 4.05. The summed E-state index contributed by atoms with van der Waals surface area (Å²) in [5.74, 6) is -0.0892. The maximum absolute atomic E-state index is 11.7. The van der Waals surface area contributed by atoms with Crippen molar-refractivity contribution in [3.8, 4) is 0 Å². The minimum atomic E-state index is -0.0892. The smallest absolute Gasteiger partial charge is 0.272 e. The fourth-order valence-electron chi connectivity index (χ4n) is 2.04. The Balaban J connectivity index is 2.25. The lowest BCUT2D eigenvalue weighted by molar-refractivity contribution is 0.0951. The van der Waals surface area contributed by atoms with E-state index in [1.165, 1.54) is 5.69 Å². The van der Waals surface area contributed by atoms with E-state index in [-0.39, 0.29) is 5.91 Å². The molecule has 0 spiro atoms. The maximum Gasteiger partial charge on any atom is 0.272 e. The largest absolute Gasteiger partial charge is 0.347 e. The molecule has 1 aromatic rings. The zero-order valence-corrected chi connectivity index (χ0v) is 8.92. The van der Waals surface area contributed by atoms with Crippen molar-refractivity contribution in [3.63, 3.8) is 0 Å². The van der Waals surface area contributed by atoms with E-state index >= 15 is 0 Å². The Kier molecular flexibility index (Phi) is 2.58. The maximum atomic E-state index is 11.7. The zero-order valence-electron chi connectivity index (χ0n) is 8.92. The number of rotatable bonds is 3. The van der Waals surface area contributed by atoms with E-state index in [2.05, 4.69) is 17.0 Å². The number of aromatic nitrogens is 2. The molecule has 80 valence electrons. The van der Waals surface area contributed by atoms with Crippen LogP contribution in [0, 0.1) is 0 Å². The van der Waals surface area contributed by atoms with Crippen LogP contribution in [0.1, 0.15) is 28.2 Å². The van der Waals surface area contributed by atoms with Crippen molar-refractivity contribution < 1.29 is 4.79 Å². The Morgan fingerprint density at radius 3 is 3.20 bits per heavy atom. The second-order valence-corrected chi connectivity index (χ2v) is 3.75. The van der Waals surface area contributed by atoms with Gasteiger partial charge in [0.2, 0.25) is 0 Å². The molecule has 4 heteroatoms. The van der Waals surface area contributed by atoms with Crippen molar-refractivity contribution >= 4 is 5.91 Å². The van der Waals surface area contributed by atoms with Gasteiger partial charge in [-0.15, -0.1) is 6.58 Å². The minimum Gasteiger partial charge on any atom is -0.347 e. The number of carbonyl (C=O) groups excluding carboxylic acids is 1. The number of hydrogen-bond acceptors (Lipinski definition) is 2. The van der Waals surface area contributed by atoms with Gasteiger partial charge < -0.3 is 5.32 Å². The highest BCUT2D eigenvalue weighted by Crippen LogP contribution is 2.24.